The Labute approximate surface area is 171 Å². The fourth-order valence-corrected chi connectivity index (χ4v) is 4.15. The zero-order chi connectivity index (χ0) is 21.2. The van der Waals surface area contributed by atoms with E-state index in [1.54, 1.807) is 47.9 Å². The van der Waals surface area contributed by atoms with Gasteiger partial charge in [-0.2, -0.15) is 5.10 Å². The summed E-state index contributed by atoms with van der Waals surface area (Å²) in [6.45, 7) is 4.00. The van der Waals surface area contributed by atoms with Gasteiger partial charge < -0.3 is 4.90 Å². The molecule has 0 saturated carbocycles. The van der Waals surface area contributed by atoms with Gasteiger partial charge in [0.1, 0.15) is 0 Å². The minimum absolute atomic E-state index is 0.0458. The van der Waals surface area contributed by atoms with E-state index in [9.17, 15) is 13.2 Å². The first-order valence-corrected chi connectivity index (χ1v) is 10.6. The summed E-state index contributed by atoms with van der Waals surface area (Å²) in [7, 11) is -0.331. The van der Waals surface area contributed by atoms with E-state index in [1.165, 1.54) is 12.1 Å². The molecule has 1 aromatic heterocycles. The largest absolute Gasteiger partial charge is 0.337 e. The standard InChI is InChI=1S/C21H24N4O3S/c1-15-9-10-18(29(27,28)23-20-8-6-5-7-16(20)2)11-19(15)21(26)24(3)13-17-12-22-25(4)14-17/h5-12,14,23H,13H2,1-4H3. The fraction of sp³-hybridized carbons (Fsp3) is 0.238. The average Bonchev–Trinajstić information content (AvgIpc) is 3.07. The number of carbonyl (C=O) groups is 1. The normalized spacial score (nSPS) is 11.3. The molecule has 0 aliphatic heterocycles. The Hall–Kier alpha value is -3.13. The number of aryl methyl sites for hydroxylation is 3. The Morgan fingerprint density at radius 1 is 1.14 bits per heavy atom. The second-order valence-electron chi connectivity index (χ2n) is 7.08. The maximum absolute atomic E-state index is 13.0. The van der Waals surface area contributed by atoms with Crippen LogP contribution in [0.25, 0.3) is 0 Å². The van der Waals surface area contributed by atoms with Gasteiger partial charge in [-0.25, -0.2) is 8.42 Å². The predicted molar refractivity (Wildman–Crippen MR) is 112 cm³/mol. The summed E-state index contributed by atoms with van der Waals surface area (Å²) in [6, 6.07) is 11.7. The number of rotatable bonds is 6. The van der Waals surface area contributed by atoms with Gasteiger partial charge in [0.05, 0.1) is 16.8 Å². The second kappa shape index (κ2) is 8.08. The lowest BCUT2D eigenvalue weighted by atomic mass is 10.1. The Kier molecular flexibility index (Phi) is 5.74. The lowest BCUT2D eigenvalue weighted by molar-refractivity contribution is 0.0784. The molecule has 0 atom stereocenters. The monoisotopic (exact) mass is 412 g/mol. The molecular formula is C21H24N4O3S. The van der Waals surface area contributed by atoms with E-state index < -0.39 is 10.0 Å². The number of benzene rings is 2. The third-order valence-electron chi connectivity index (χ3n) is 4.66. The van der Waals surface area contributed by atoms with Crippen molar-refractivity contribution in [3.05, 3.63) is 77.1 Å². The van der Waals surface area contributed by atoms with Crippen molar-refractivity contribution in [3.63, 3.8) is 0 Å². The van der Waals surface area contributed by atoms with E-state index in [-0.39, 0.29) is 10.8 Å². The van der Waals surface area contributed by atoms with Crippen LogP contribution in [0.1, 0.15) is 27.0 Å². The molecule has 1 amide bonds. The molecule has 3 rings (SSSR count). The van der Waals surface area contributed by atoms with Crippen LogP contribution < -0.4 is 4.72 Å². The van der Waals surface area contributed by atoms with Crippen LogP contribution in [0.15, 0.2) is 59.8 Å². The van der Waals surface area contributed by atoms with E-state index >= 15 is 0 Å². The summed E-state index contributed by atoms with van der Waals surface area (Å²) in [5, 5.41) is 4.10. The number of nitrogens with zero attached hydrogens (tertiary/aromatic N) is 3. The van der Waals surface area contributed by atoms with Crippen LogP contribution >= 0.6 is 0 Å². The molecule has 0 aliphatic rings. The predicted octanol–water partition coefficient (Wildman–Crippen LogP) is 3.11. The van der Waals surface area contributed by atoms with Crippen LogP contribution in [-0.4, -0.2) is 36.1 Å². The van der Waals surface area contributed by atoms with Crippen LogP contribution in [0.5, 0.6) is 0 Å². The number of hydrogen-bond donors (Lipinski definition) is 1. The summed E-state index contributed by atoms with van der Waals surface area (Å²) in [5.74, 6) is -0.251. The molecule has 0 bridgehead atoms. The first-order valence-electron chi connectivity index (χ1n) is 9.09. The van der Waals surface area contributed by atoms with Crippen LogP contribution in [0, 0.1) is 13.8 Å². The van der Waals surface area contributed by atoms with E-state index in [2.05, 4.69) is 9.82 Å². The van der Waals surface area contributed by atoms with Crippen molar-refractivity contribution in [2.75, 3.05) is 11.8 Å². The molecule has 0 spiro atoms. The average molecular weight is 413 g/mol. The lowest BCUT2D eigenvalue weighted by Gasteiger charge is -2.18. The molecule has 0 fully saturated rings. The minimum atomic E-state index is -3.82. The smallest absolute Gasteiger partial charge is 0.261 e. The number of para-hydroxylation sites is 1. The van der Waals surface area contributed by atoms with E-state index in [4.69, 9.17) is 0 Å². The molecule has 3 aromatic rings. The third-order valence-corrected chi connectivity index (χ3v) is 6.03. The van der Waals surface area contributed by atoms with Gasteiger partial charge in [-0.05, 0) is 43.2 Å². The molecule has 1 heterocycles. The van der Waals surface area contributed by atoms with Gasteiger partial charge in [0, 0.05) is 38.0 Å². The lowest BCUT2D eigenvalue weighted by Crippen LogP contribution is -2.27. The molecule has 1 N–H and O–H groups in total. The van der Waals surface area contributed by atoms with Gasteiger partial charge in [0.2, 0.25) is 0 Å². The van der Waals surface area contributed by atoms with Crippen LogP contribution in [0.4, 0.5) is 5.69 Å². The van der Waals surface area contributed by atoms with E-state index in [0.717, 1.165) is 11.1 Å². The van der Waals surface area contributed by atoms with Crippen LogP contribution in [-0.2, 0) is 23.6 Å². The van der Waals surface area contributed by atoms with Crippen molar-refractivity contribution < 1.29 is 13.2 Å². The summed E-state index contributed by atoms with van der Waals surface area (Å²) >= 11 is 0. The Morgan fingerprint density at radius 3 is 2.52 bits per heavy atom. The van der Waals surface area contributed by atoms with Gasteiger partial charge in [0.25, 0.3) is 15.9 Å². The number of sulfonamides is 1. The Morgan fingerprint density at radius 2 is 1.86 bits per heavy atom. The maximum Gasteiger partial charge on any atom is 0.261 e. The Bertz CT molecular complexity index is 1150. The van der Waals surface area contributed by atoms with Crippen molar-refractivity contribution in [1.82, 2.24) is 14.7 Å². The van der Waals surface area contributed by atoms with Crippen molar-refractivity contribution in [2.24, 2.45) is 7.05 Å². The molecule has 7 nitrogen and oxygen atoms in total. The number of amides is 1. The van der Waals surface area contributed by atoms with Crippen molar-refractivity contribution in [3.8, 4) is 0 Å². The number of nitrogens with one attached hydrogen (secondary N) is 1. The van der Waals surface area contributed by atoms with Crippen LogP contribution in [0.2, 0.25) is 0 Å². The minimum Gasteiger partial charge on any atom is -0.337 e. The zero-order valence-electron chi connectivity index (χ0n) is 16.9. The highest BCUT2D eigenvalue weighted by molar-refractivity contribution is 7.92. The van der Waals surface area contributed by atoms with Gasteiger partial charge in [-0.1, -0.05) is 24.3 Å². The summed E-state index contributed by atoms with van der Waals surface area (Å²) in [4.78, 5) is 14.5. The molecule has 152 valence electrons. The van der Waals surface area contributed by atoms with E-state index in [1.807, 2.05) is 32.3 Å². The van der Waals surface area contributed by atoms with Crippen molar-refractivity contribution in [2.45, 2.75) is 25.3 Å². The number of aromatic nitrogens is 2. The Balaban J connectivity index is 1.87. The molecule has 0 aliphatic carbocycles. The first kappa shape index (κ1) is 20.6. The summed E-state index contributed by atoms with van der Waals surface area (Å²) < 4.78 is 30.0. The molecule has 0 saturated heterocycles. The van der Waals surface area contributed by atoms with Crippen molar-refractivity contribution >= 4 is 21.6 Å². The first-order chi connectivity index (χ1) is 13.7. The molecule has 8 heteroatoms. The third kappa shape index (κ3) is 4.65. The number of anilines is 1. The van der Waals surface area contributed by atoms with Gasteiger partial charge in [-0.3, -0.25) is 14.2 Å². The molecule has 2 aromatic carbocycles. The summed E-state index contributed by atoms with van der Waals surface area (Å²) in [5.41, 5.74) is 3.28. The maximum atomic E-state index is 13.0. The highest BCUT2D eigenvalue weighted by atomic mass is 32.2. The van der Waals surface area contributed by atoms with Crippen molar-refractivity contribution in [1.29, 1.82) is 0 Å². The SMILES string of the molecule is Cc1ccccc1NS(=O)(=O)c1ccc(C)c(C(=O)N(C)Cc2cnn(C)c2)c1. The number of hydrogen-bond acceptors (Lipinski definition) is 4. The highest BCUT2D eigenvalue weighted by Crippen LogP contribution is 2.22. The molecular weight excluding hydrogens is 388 g/mol. The summed E-state index contributed by atoms with van der Waals surface area (Å²) in [6.07, 6.45) is 3.53. The highest BCUT2D eigenvalue weighted by Gasteiger charge is 2.21. The van der Waals surface area contributed by atoms with Gasteiger partial charge in [0.15, 0.2) is 0 Å². The zero-order valence-corrected chi connectivity index (χ0v) is 17.7. The molecule has 0 radical (unpaired) electrons. The second-order valence-corrected chi connectivity index (χ2v) is 8.76. The molecule has 0 unspecified atom stereocenters. The quantitative estimate of drug-likeness (QED) is 0.674. The topological polar surface area (TPSA) is 84.3 Å². The van der Waals surface area contributed by atoms with Gasteiger partial charge >= 0.3 is 0 Å². The number of carbonyl (C=O) groups excluding carboxylic acids is 1. The molecule has 29 heavy (non-hydrogen) atoms. The fourth-order valence-electron chi connectivity index (χ4n) is 2.99. The van der Waals surface area contributed by atoms with Gasteiger partial charge in [-0.15, -0.1) is 0 Å². The van der Waals surface area contributed by atoms with Crippen LogP contribution in [0.3, 0.4) is 0 Å². The van der Waals surface area contributed by atoms with E-state index in [0.29, 0.717) is 23.4 Å².